The van der Waals surface area contributed by atoms with E-state index in [0.717, 1.165) is 18.4 Å². The molecule has 2 heteroatoms. The van der Waals surface area contributed by atoms with Gasteiger partial charge in [-0.2, -0.15) is 0 Å². The molecule has 0 amide bonds. The predicted octanol–water partition coefficient (Wildman–Crippen LogP) is 3.75. The topological polar surface area (TPSA) is 24.1 Å². The Morgan fingerprint density at radius 3 is 2.55 bits per heavy atom. The maximum absolute atomic E-state index is 3.87. The van der Waals surface area contributed by atoms with Crippen LogP contribution in [0.5, 0.6) is 0 Å². The summed E-state index contributed by atoms with van der Waals surface area (Å²) in [5.74, 6) is 1.53. The zero-order valence-electron chi connectivity index (χ0n) is 13.1. The molecule has 20 heavy (non-hydrogen) atoms. The molecule has 0 saturated carbocycles. The Morgan fingerprint density at radius 2 is 1.95 bits per heavy atom. The number of rotatable bonds is 7. The minimum atomic E-state index is 0.508. The van der Waals surface area contributed by atoms with E-state index in [1.165, 1.54) is 44.3 Å². The fraction of sp³-hybridized carbons (Fsp3) is 0.667. The van der Waals surface area contributed by atoms with E-state index >= 15 is 0 Å². The summed E-state index contributed by atoms with van der Waals surface area (Å²) in [5, 5.41) is 7.38. The van der Waals surface area contributed by atoms with Crippen molar-refractivity contribution in [3.8, 4) is 0 Å². The Hall–Kier alpha value is -0.860. The van der Waals surface area contributed by atoms with Gasteiger partial charge in [-0.15, -0.1) is 0 Å². The molecule has 0 spiro atoms. The third-order valence-corrected chi connectivity index (χ3v) is 4.70. The van der Waals surface area contributed by atoms with E-state index in [2.05, 4.69) is 54.8 Å². The molecule has 1 heterocycles. The van der Waals surface area contributed by atoms with Crippen molar-refractivity contribution in [1.29, 1.82) is 0 Å². The normalized spacial score (nSPS) is 21.1. The van der Waals surface area contributed by atoms with Crippen molar-refractivity contribution in [2.24, 2.45) is 11.8 Å². The molecule has 1 aromatic carbocycles. The van der Waals surface area contributed by atoms with Gasteiger partial charge in [0.1, 0.15) is 0 Å². The molecule has 2 unspecified atom stereocenters. The molecular formula is C18H30N2. The van der Waals surface area contributed by atoms with Gasteiger partial charge >= 0.3 is 0 Å². The van der Waals surface area contributed by atoms with E-state index in [9.17, 15) is 0 Å². The van der Waals surface area contributed by atoms with Gasteiger partial charge in [0.2, 0.25) is 0 Å². The average Bonchev–Trinajstić information content (AvgIpc) is 2.53. The largest absolute Gasteiger partial charge is 0.316 e. The van der Waals surface area contributed by atoms with Gasteiger partial charge < -0.3 is 10.6 Å². The van der Waals surface area contributed by atoms with Crippen molar-refractivity contribution in [2.75, 3.05) is 19.6 Å². The number of nitrogens with one attached hydrogen (secondary N) is 2. The molecule has 0 aromatic heterocycles. The van der Waals surface area contributed by atoms with Crippen molar-refractivity contribution in [3.05, 3.63) is 35.9 Å². The van der Waals surface area contributed by atoms with Crippen LogP contribution in [0.4, 0.5) is 0 Å². The van der Waals surface area contributed by atoms with Crippen LogP contribution in [0.15, 0.2) is 30.3 Å². The van der Waals surface area contributed by atoms with Crippen molar-refractivity contribution >= 4 is 0 Å². The van der Waals surface area contributed by atoms with Gasteiger partial charge in [-0.05, 0) is 49.9 Å². The zero-order valence-corrected chi connectivity index (χ0v) is 13.1. The van der Waals surface area contributed by atoms with Gasteiger partial charge in [0.15, 0.2) is 0 Å². The maximum Gasteiger partial charge on any atom is 0.0348 e. The van der Waals surface area contributed by atoms with Crippen LogP contribution < -0.4 is 10.6 Å². The lowest BCUT2D eigenvalue weighted by atomic mass is 9.88. The van der Waals surface area contributed by atoms with Crippen molar-refractivity contribution in [1.82, 2.24) is 10.6 Å². The van der Waals surface area contributed by atoms with E-state index < -0.39 is 0 Å². The minimum Gasteiger partial charge on any atom is -0.316 e. The predicted molar refractivity (Wildman–Crippen MR) is 86.9 cm³/mol. The first kappa shape index (κ1) is 15.5. The molecule has 1 saturated heterocycles. The highest BCUT2D eigenvalue weighted by molar-refractivity contribution is 5.19. The highest BCUT2D eigenvalue weighted by Crippen LogP contribution is 2.27. The van der Waals surface area contributed by atoms with Crippen molar-refractivity contribution in [2.45, 2.75) is 45.6 Å². The van der Waals surface area contributed by atoms with E-state index in [-0.39, 0.29) is 0 Å². The fourth-order valence-corrected chi connectivity index (χ4v) is 3.37. The Kier molecular flexibility index (Phi) is 6.55. The molecule has 0 bridgehead atoms. The third kappa shape index (κ3) is 4.32. The van der Waals surface area contributed by atoms with E-state index in [1.807, 2.05) is 0 Å². The highest BCUT2D eigenvalue weighted by atomic mass is 14.9. The van der Waals surface area contributed by atoms with Crippen molar-refractivity contribution < 1.29 is 0 Å². The maximum atomic E-state index is 3.87. The molecule has 2 atom stereocenters. The molecule has 112 valence electrons. The van der Waals surface area contributed by atoms with Crippen LogP contribution in [0, 0.1) is 11.8 Å². The fourth-order valence-electron chi connectivity index (χ4n) is 3.37. The monoisotopic (exact) mass is 274 g/mol. The summed E-state index contributed by atoms with van der Waals surface area (Å²) in [6, 6.07) is 11.5. The number of benzene rings is 1. The van der Waals surface area contributed by atoms with Crippen molar-refractivity contribution in [3.63, 3.8) is 0 Å². The molecular weight excluding hydrogens is 244 g/mol. The van der Waals surface area contributed by atoms with Gasteiger partial charge in [0, 0.05) is 6.04 Å². The molecule has 0 aliphatic carbocycles. The van der Waals surface area contributed by atoms with E-state index in [0.29, 0.717) is 6.04 Å². The quantitative estimate of drug-likeness (QED) is 0.791. The first-order valence-electron chi connectivity index (χ1n) is 8.34. The molecule has 1 aliphatic heterocycles. The van der Waals surface area contributed by atoms with Crippen LogP contribution >= 0.6 is 0 Å². The number of hydrogen-bond acceptors (Lipinski definition) is 2. The third-order valence-electron chi connectivity index (χ3n) is 4.70. The summed E-state index contributed by atoms with van der Waals surface area (Å²) >= 11 is 0. The summed E-state index contributed by atoms with van der Waals surface area (Å²) < 4.78 is 0. The Balaban J connectivity index is 1.98. The smallest absolute Gasteiger partial charge is 0.0348 e. The van der Waals surface area contributed by atoms with Crippen LogP contribution in [0.1, 0.15) is 51.1 Å². The van der Waals surface area contributed by atoms with E-state index in [1.54, 1.807) is 0 Å². The molecule has 1 aliphatic rings. The van der Waals surface area contributed by atoms with Gasteiger partial charge in [-0.25, -0.2) is 0 Å². The minimum absolute atomic E-state index is 0.508. The standard InChI is InChI=1S/C18H30N2/c1-3-16(4-2)18(17-10-6-5-7-11-17)20-14-15-9-8-12-19-13-15/h5-7,10-11,15-16,18-20H,3-4,8-9,12-14H2,1-2H3. The average molecular weight is 274 g/mol. The Morgan fingerprint density at radius 1 is 1.20 bits per heavy atom. The second-order valence-corrected chi connectivity index (χ2v) is 6.09. The summed E-state index contributed by atoms with van der Waals surface area (Å²) in [6.07, 6.45) is 5.18. The molecule has 2 rings (SSSR count). The lowest BCUT2D eigenvalue weighted by Crippen LogP contribution is -2.38. The molecule has 1 fully saturated rings. The van der Waals surface area contributed by atoms with Gasteiger partial charge in [0.25, 0.3) is 0 Å². The Labute approximate surface area is 124 Å². The molecule has 2 N–H and O–H groups in total. The first-order chi connectivity index (χ1) is 9.85. The number of piperidine rings is 1. The lowest BCUT2D eigenvalue weighted by molar-refractivity contribution is 0.293. The molecule has 0 radical (unpaired) electrons. The van der Waals surface area contributed by atoms with E-state index in [4.69, 9.17) is 0 Å². The second kappa shape index (κ2) is 8.43. The second-order valence-electron chi connectivity index (χ2n) is 6.09. The van der Waals surface area contributed by atoms with Gasteiger partial charge in [-0.1, -0.05) is 57.0 Å². The van der Waals surface area contributed by atoms with Gasteiger partial charge in [-0.3, -0.25) is 0 Å². The summed E-state index contributed by atoms with van der Waals surface area (Å²) in [5.41, 5.74) is 1.45. The summed E-state index contributed by atoms with van der Waals surface area (Å²) in [6.45, 7) is 8.15. The zero-order chi connectivity index (χ0) is 14.2. The number of hydrogen-bond donors (Lipinski definition) is 2. The lowest BCUT2D eigenvalue weighted by Gasteiger charge is -2.30. The van der Waals surface area contributed by atoms with Gasteiger partial charge in [0.05, 0.1) is 0 Å². The highest BCUT2D eigenvalue weighted by Gasteiger charge is 2.21. The summed E-state index contributed by atoms with van der Waals surface area (Å²) in [7, 11) is 0. The Bertz CT molecular complexity index is 353. The SMILES string of the molecule is CCC(CC)C(NCC1CCCNC1)c1ccccc1. The first-order valence-corrected chi connectivity index (χ1v) is 8.34. The molecule has 2 nitrogen and oxygen atoms in total. The molecule has 1 aromatic rings. The summed E-state index contributed by atoms with van der Waals surface area (Å²) in [4.78, 5) is 0. The van der Waals surface area contributed by atoms with Crippen LogP contribution in [-0.4, -0.2) is 19.6 Å². The van der Waals surface area contributed by atoms with Crippen LogP contribution in [0.25, 0.3) is 0 Å². The van der Waals surface area contributed by atoms with Crippen LogP contribution in [-0.2, 0) is 0 Å². The van der Waals surface area contributed by atoms with Crippen LogP contribution in [0.3, 0.4) is 0 Å². The van der Waals surface area contributed by atoms with Crippen LogP contribution in [0.2, 0.25) is 0 Å².